The molecular weight excluding hydrogens is 226 g/mol. The fraction of sp³-hybridized carbons (Fsp3) is 0.467. The molecule has 1 rings (SSSR count). The highest BCUT2D eigenvalue weighted by Gasteiger charge is 2.11. The molecule has 0 saturated carbocycles. The molecule has 1 aromatic rings. The zero-order valence-corrected chi connectivity index (χ0v) is 11.5. The van der Waals surface area contributed by atoms with Gasteiger partial charge >= 0.3 is 0 Å². The number of hydrogen-bond donors (Lipinski definition) is 1. The van der Waals surface area contributed by atoms with E-state index in [2.05, 4.69) is 13.5 Å². The number of rotatable bonds is 7. The zero-order chi connectivity index (χ0) is 13.5. The van der Waals surface area contributed by atoms with E-state index in [1.807, 2.05) is 25.1 Å². The lowest BCUT2D eigenvalue weighted by molar-refractivity contribution is 0.266. The van der Waals surface area contributed by atoms with E-state index in [4.69, 9.17) is 15.2 Å². The summed E-state index contributed by atoms with van der Waals surface area (Å²) in [4.78, 5) is 0. The van der Waals surface area contributed by atoms with Gasteiger partial charge in [0.2, 0.25) is 0 Å². The van der Waals surface area contributed by atoms with Crippen molar-refractivity contribution in [1.82, 2.24) is 0 Å². The normalized spacial score (nSPS) is 13.8. The molecule has 0 aliphatic heterocycles. The molecule has 0 heterocycles. The molecule has 0 aliphatic carbocycles. The van der Waals surface area contributed by atoms with Gasteiger partial charge in [-0.05, 0) is 43.5 Å². The molecule has 3 heteroatoms. The molecule has 0 fully saturated rings. The summed E-state index contributed by atoms with van der Waals surface area (Å²) in [5.74, 6) is 1.68. The van der Waals surface area contributed by atoms with E-state index in [0.29, 0.717) is 0 Å². The standard InChI is InChI=1S/C15H23NO2/c1-5-11(3)18-15-8-7-14(17-4)10-12(15)9-13(16)6-2/h5,7-8,10-11,13H,1,6,9,16H2,2-4H3. The Balaban J connectivity index is 2.96. The number of hydrogen-bond acceptors (Lipinski definition) is 3. The Bertz CT molecular complexity index is 390. The van der Waals surface area contributed by atoms with Gasteiger partial charge in [0.1, 0.15) is 17.6 Å². The number of ether oxygens (including phenoxy) is 2. The van der Waals surface area contributed by atoms with E-state index in [-0.39, 0.29) is 12.1 Å². The van der Waals surface area contributed by atoms with Crippen molar-refractivity contribution < 1.29 is 9.47 Å². The van der Waals surface area contributed by atoms with Crippen LogP contribution in [0.4, 0.5) is 0 Å². The van der Waals surface area contributed by atoms with Crippen molar-refractivity contribution >= 4 is 0 Å². The van der Waals surface area contributed by atoms with Crippen molar-refractivity contribution in [1.29, 1.82) is 0 Å². The zero-order valence-electron chi connectivity index (χ0n) is 11.5. The van der Waals surface area contributed by atoms with E-state index in [0.717, 1.165) is 29.9 Å². The Morgan fingerprint density at radius 2 is 2.17 bits per heavy atom. The molecule has 0 aromatic heterocycles. The summed E-state index contributed by atoms with van der Waals surface area (Å²) in [5, 5.41) is 0. The minimum atomic E-state index is -0.0185. The fourth-order valence-corrected chi connectivity index (χ4v) is 1.63. The Morgan fingerprint density at radius 3 is 2.72 bits per heavy atom. The van der Waals surface area contributed by atoms with Gasteiger partial charge in [0.15, 0.2) is 0 Å². The Kier molecular flexibility index (Phi) is 5.72. The highest BCUT2D eigenvalue weighted by molar-refractivity contribution is 5.41. The third kappa shape index (κ3) is 4.08. The van der Waals surface area contributed by atoms with E-state index >= 15 is 0 Å². The predicted octanol–water partition coefficient (Wildman–Crippen LogP) is 2.93. The quantitative estimate of drug-likeness (QED) is 0.756. The molecule has 1 aromatic carbocycles. The van der Waals surface area contributed by atoms with Crippen molar-refractivity contribution in [2.24, 2.45) is 5.73 Å². The second-order valence-electron chi connectivity index (χ2n) is 4.40. The third-order valence-electron chi connectivity index (χ3n) is 2.92. The largest absolute Gasteiger partial charge is 0.497 e. The molecule has 0 saturated heterocycles. The summed E-state index contributed by atoms with van der Waals surface area (Å²) in [6, 6.07) is 5.95. The first-order valence-corrected chi connectivity index (χ1v) is 6.32. The van der Waals surface area contributed by atoms with Gasteiger partial charge in [-0.3, -0.25) is 0 Å². The van der Waals surface area contributed by atoms with Crippen molar-refractivity contribution in [2.75, 3.05) is 7.11 Å². The van der Waals surface area contributed by atoms with Crippen LogP contribution >= 0.6 is 0 Å². The second kappa shape index (κ2) is 7.07. The lowest BCUT2D eigenvalue weighted by Gasteiger charge is -2.17. The number of methoxy groups -OCH3 is 1. The molecule has 0 bridgehead atoms. The van der Waals surface area contributed by atoms with Crippen LogP contribution in [0, 0.1) is 0 Å². The van der Waals surface area contributed by atoms with E-state index in [9.17, 15) is 0 Å². The predicted molar refractivity (Wildman–Crippen MR) is 75.3 cm³/mol. The summed E-state index contributed by atoms with van der Waals surface area (Å²) in [6.07, 6.45) is 3.48. The fourth-order valence-electron chi connectivity index (χ4n) is 1.63. The summed E-state index contributed by atoms with van der Waals surface area (Å²) < 4.78 is 11.1. The van der Waals surface area contributed by atoms with Gasteiger partial charge in [0, 0.05) is 6.04 Å². The van der Waals surface area contributed by atoms with E-state index in [1.165, 1.54) is 0 Å². The molecule has 0 radical (unpaired) electrons. The molecule has 2 unspecified atom stereocenters. The first-order valence-electron chi connectivity index (χ1n) is 6.32. The minimum Gasteiger partial charge on any atom is -0.497 e. The van der Waals surface area contributed by atoms with Gasteiger partial charge in [0.05, 0.1) is 7.11 Å². The maximum Gasteiger partial charge on any atom is 0.123 e. The molecule has 18 heavy (non-hydrogen) atoms. The molecule has 0 aliphatic rings. The molecule has 0 amide bonds. The monoisotopic (exact) mass is 249 g/mol. The number of nitrogens with two attached hydrogens (primary N) is 1. The highest BCUT2D eigenvalue weighted by atomic mass is 16.5. The molecule has 2 atom stereocenters. The minimum absolute atomic E-state index is 0.0185. The lowest BCUT2D eigenvalue weighted by atomic mass is 10.0. The summed E-state index contributed by atoms with van der Waals surface area (Å²) >= 11 is 0. The van der Waals surface area contributed by atoms with Crippen LogP contribution in [-0.2, 0) is 6.42 Å². The van der Waals surface area contributed by atoms with Crippen LogP contribution in [0.3, 0.4) is 0 Å². The Hall–Kier alpha value is -1.48. The number of benzene rings is 1. The van der Waals surface area contributed by atoms with Gasteiger partial charge in [-0.2, -0.15) is 0 Å². The molecule has 3 nitrogen and oxygen atoms in total. The highest BCUT2D eigenvalue weighted by Crippen LogP contribution is 2.26. The Morgan fingerprint density at radius 1 is 1.44 bits per heavy atom. The van der Waals surface area contributed by atoms with Crippen LogP contribution in [0.25, 0.3) is 0 Å². The molecular formula is C15H23NO2. The van der Waals surface area contributed by atoms with Gasteiger partial charge in [-0.25, -0.2) is 0 Å². The van der Waals surface area contributed by atoms with Crippen molar-refractivity contribution in [3.63, 3.8) is 0 Å². The van der Waals surface area contributed by atoms with Crippen LogP contribution in [0.2, 0.25) is 0 Å². The third-order valence-corrected chi connectivity index (χ3v) is 2.92. The van der Waals surface area contributed by atoms with Crippen molar-refractivity contribution in [3.05, 3.63) is 36.4 Å². The average Bonchev–Trinajstić information content (AvgIpc) is 2.40. The SMILES string of the molecule is C=CC(C)Oc1ccc(OC)cc1CC(N)CC. The summed E-state index contributed by atoms with van der Waals surface area (Å²) in [7, 11) is 1.66. The van der Waals surface area contributed by atoms with Crippen LogP contribution in [0.1, 0.15) is 25.8 Å². The van der Waals surface area contributed by atoms with Crippen LogP contribution in [0.15, 0.2) is 30.9 Å². The second-order valence-corrected chi connectivity index (χ2v) is 4.40. The maximum absolute atomic E-state index is 6.01. The Labute approximate surface area is 110 Å². The first kappa shape index (κ1) is 14.6. The smallest absolute Gasteiger partial charge is 0.123 e. The molecule has 0 spiro atoms. The van der Waals surface area contributed by atoms with Gasteiger partial charge < -0.3 is 15.2 Å². The topological polar surface area (TPSA) is 44.5 Å². The molecule has 2 N–H and O–H groups in total. The van der Waals surface area contributed by atoms with Gasteiger partial charge in [-0.1, -0.05) is 19.6 Å². The van der Waals surface area contributed by atoms with Crippen LogP contribution < -0.4 is 15.2 Å². The van der Waals surface area contributed by atoms with E-state index < -0.39 is 0 Å². The summed E-state index contributed by atoms with van der Waals surface area (Å²) in [6.45, 7) is 7.76. The van der Waals surface area contributed by atoms with E-state index in [1.54, 1.807) is 13.2 Å². The van der Waals surface area contributed by atoms with Crippen molar-refractivity contribution in [3.8, 4) is 11.5 Å². The first-order chi connectivity index (χ1) is 8.60. The van der Waals surface area contributed by atoms with Crippen molar-refractivity contribution in [2.45, 2.75) is 38.8 Å². The van der Waals surface area contributed by atoms with Crippen LogP contribution in [0.5, 0.6) is 11.5 Å². The van der Waals surface area contributed by atoms with Gasteiger partial charge in [-0.15, -0.1) is 0 Å². The molecule has 100 valence electrons. The summed E-state index contributed by atoms with van der Waals surface area (Å²) in [5.41, 5.74) is 7.09. The lowest BCUT2D eigenvalue weighted by Crippen LogP contribution is -2.22. The van der Waals surface area contributed by atoms with Gasteiger partial charge in [0.25, 0.3) is 0 Å². The maximum atomic E-state index is 6.01. The van der Waals surface area contributed by atoms with Crippen LogP contribution in [-0.4, -0.2) is 19.3 Å². The average molecular weight is 249 g/mol.